The average Bonchev–Trinajstić information content (AvgIpc) is 3.38. The van der Waals surface area contributed by atoms with E-state index in [2.05, 4.69) is 12.2 Å². The molecule has 2 saturated heterocycles. The Hall–Kier alpha value is -2.39. The van der Waals surface area contributed by atoms with E-state index >= 15 is 0 Å². The number of methoxy groups -OCH3 is 1. The summed E-state index contributed by atoms with van der Waals surface area (Å²) in [6.45, 7) is 4.60. The fourth-order valence-electron chi connectivity index (χ4n) is 5.50. The first-order chi connectivity index (χ1) is 15.4. The molecule has 4 unspecified atom stereocenters. The number of carbonyl (C=O) groups is 3. The topological polar surface area (TPSA) is 130 Å². The predicted octanol–water partition coefficient (Wildman–Crippen LogP) is 1.77. The summed E-state index contributed by atoms with van der Waals surface area (Å²) in [5.41, 5.74) is 5.20. The van der Waals surface area contributed by atoms with Crippen LogP contribution >= 0.6 is 0 Å². The van der Waals surface area contributed by atoms with Gasteiger partial charge in [-0.05, 0) is 13.3 Å². The van der Waals surface area contributed by atoms with Crippen LogP contribution in [0.15, 0.2) is 22.6 Å². The van der Waals surface area contributed by atoms with Crippen molar-refractivity contribution in [3.8, 4) is 0 Å². The van der Waals surface area contributed by atoms with Crippen LogP contribution in [0, 0.1) is 5.92 Å². The monoisotopic (exact) mass is 447 g/mol. The lowest BCUT2D eigenvalue weighted by molar-refractivity contribution is -0.137. The molecule has 3 aliphatic heterocycles. The smallest absolute Gasteiger partial charge is 0.404 e. The third kappa shape index (κ3) is 3.51. The third-order valence-electron chi connectivity index (χ3n) is 7.12. The zero-order valence-electron chi connectivity index (χ0n) is 19.1. The Morgan fingerprint density at radius 1 is 1.19 bits per heavy atom. The number of hydrogen-bond donors (Lipinski definition) is 2. The number of hydrogen-bond acceptors (Lipinski definition) is 8. The van der Waals surface area contributed by atoms with E-state index in [1.165, 1.54) is 19.3 Å². The van der Waals surface area contributed by atoms with Crippen LogP contribution in [-0.4, -0.2) is 67.2 Å². The minimum Gasteiger partial charge on any atom is -0.489 e. The van der Waals surface area contributed by atoms with Crippen molar-refractivity contribution in [2.24, 2.45) is 11.7 Å². The average molecular weight is 448 g/mol. The fourth-order valence-corrected chi connectivity index (χ4v) is 5.50. The molecular formula is C23H33N3O6. The highest BCUT2D eigenvalue weighted by Crippen LogP contribution is 2.55. The molecule has 32 heavy (non-hydrogen) atoms. The van der Waals surface area contributed by atoms with Gasteiger partial charge in [0.1, 0.15) is 6.61 Å². The quantitative estimate of drug-likeness (QED) is 0.278. The van der Waals surface area contributed by atoms with Gasteiger partial charge in [0.25, 0.3) is 0 Å². The zero-order chi connectivity index (χ0) is 23.0. The van der Waals surface area contributed by atoms with Gasteiger partial charge in [-0.15, -0.1) is 0 Å². The van der Waals surface area contributed by atoms with E-state index in [4.69, 9.17) is 19.9 Å². The van der Waals surface area contributed by atoms with Crippen molar-refractivity contribution < 1.29 is 28.6 Å². The second kappa shape index (κ2) is 8.86. The Labute approximate surface area is 188 Å². The number of nitrogens with two attached hydrogens (primary N) is 1. The highest BCUT2D eigenvalue weighted by molar-refractivity contribution is 6.25. The van der Waals surface area contributed by atoms with Crippen molar-refractivity contribution in [1.29, 1.82) is 0 Å². The summed E-state index contributed by atoms with van der Waals surface area (Å²) >= 11 is 0. The number of unbranched alkanes of at least 4 members (excludes halogenated alkanes) is 5. The summed E-state index contributed by atoms with van der Waals surface area (Å²) in [5, 5.41) is 3.34. The number of Topliss-reactive ketones (excluding diaryl/α,β-unsaturated/α-hetero) is 2. The predicted molar refractivity (Wildman–Crippen MR) is 115 cm³/mol. The normalized spacial score (nSPS) is 30.5. The summed E-state index contributed by atoms with van der Waals surface area (Å²) in [4.78, 5) is 40.2. The summed E-state index contributed by atoms with van der Waals surface area (Å²) in [6, 6.07) is 0.102. The molecule has 0 aromatic rings. The lowest BCUT2D eigenvalue weighted by Gasteiger charge is -2.39. The minimum atomic E-state index is -0.967. The number of nitrogens with zero attached hydrogens (tertiary/aromatic N) is 1. The maximum atomic E-state index is 13.6. The Kier molecular flexibility index (Phi) is 6.31. The number of rotatable bonds is 11. The second-order valence-corrected chi connectivity index (χ2v) is 8.99. The first-order valence-corrected chi connectivity index (χ1v) is 11.6. The highest BCUT2D eigenvalue weighted by atomic mass is 16.6. The molecular weight excluding hydrogens is 414 g/mol. The third-order valence-corrected chi connectivity index (χ3v) is 7.12. The first-order valence-electron chi connectivity index (χ1n) is 11.6. The van der Waals surface area contributed by atoms with Gasteiger partial charge in [-0.3, -0.25) is 9.59 Å². The molecule has 3 N–H and O–H groups in total. The van der Waals surface area contributed by atoms with Crippen LogP contribution in [0.25, 0.3) is 0 Å². The summed E-state index contributed by atoms with van der Waals surface area (Å²) in [5.74, 6) is -1.11. The Bertz CT molecular complexity index is 881. The molecule has 0 aromatic carbocycles. The largest absolute Gasteiger partial charge is 0.489 e. The molecule has 9 nitrogen and oxygen atoms in total. The van der Waals surface area contributed by atoms with Gasteiger partial charge in [0.2, 0.25) is 11.6 Å². The van der Waals surface area contributed by atoms with Crippen molar-refractivity contribution in [3.63, 3.8) is 0 Å². The molecule has 0 spiro atoms. The lowest BCUT2D eigenvalue weighted by atomic mass is 9.83. The van der Waals surface area contributed by atoms with Gasteiger partial charge in [0, 0.05) is 30.8 Å². The molecule has 0 aromatic heterocycles. The van der Waals surface area contributed by atoms with Crippen molar-refractivity contribution in [2.45, 2.75) is 70.2 Å². The molecule has 3 heterocycles. The maximum Gasteiger partial charge on any atom is 0.404 e. The van der Waals surface area contributed by atoms with E-state index in [0.717, 1.165) is 19.3 Å². The summed E-state index contributed by atoms with van der Waals surface area (Å²) in [7, 11) is 1.55. The number of ketones is 2. The van der Waals surface area contributed by atoms with Crippen LogP contribution in [0.5, 0.6) is 0 Å². The van der Waals surface area contributed by atoms with Gasteiger partial charge in [-0.2, -0.15) is 0 Å². The number of amides is 1. The van der Waals surface area contributed by atoms with Gasteiger partial charge >= 0.3 is 6.09 Å². The zero-order valence-corrected chi connectivity index (χ0v) is 19.1. The van der Waals surface area contributed by atoms with Crippen LogP contribution in [0.3, 0.4) is 0 Å². The highest BCUT2D eigenvalue weighted by Gasteiger charge is 2.72. The molecule has 0 bridgehead atoms. The molecule has 2 fully saturated rings. The number of fused-ring (bicyclic) bond motifs is 4. The molecule has 0 radical (unpaired) electrons. The molecule has 4 rings (SSSR count). The minimum absolute atomic E-state index is 0.0621. The van der Waals surface area contributed by atoms with E-state index in [9.17, 15) is 14.4 Å². The van der Waals surface area contributed by atoms with E-state index in [-0.39, 0.29) is 36.0 Å². The fraction of sp³-hybridized carbons (Fsp3) is 0.696. The Balaban J connectivity index is 1.54. The van der Waals surface area contributed by atoms with Crippen LogP contribution in [-0.2, 0) is 23.8 Å². The van der Waals surface area contributed by atoms with Crippen molar-refractivity contribution in [2.75, 3.05) is 26.9 Å². The summed E-state index contributed by atoms with van der Waals surface area (Å²) in [6.07, 6.45) is 5.64. The van der Waals surface area contributed by atoms with Gasteiger partial charge < -0.3 is 30.2 Å². The number of nitrogens with one attached hydrogen (secondary N) is 1. The first kappa shape index (κ1) is 22.8. The molecule has 4 aliphatic rings. The summed E-state index contributed by atoms with van der Waals surface area (Å²) < 4.78 is 16.9. The SMILES string of the molecule is CCCCCCCCOC1=C(C)C(=O)C2=C(C1=O)C(COC(N)=O)C1(OC)C3NC3CN21. The number of primary amides is 1. The number of allylic oxidation sites excluding steroid dienone is 2. The molecule has 4 atom stereocenters. The number of carbonyl (C=O) groups excluding carboxylic acids is 3. The van der Waals surface area contributed by atoms with Crippen LogP contribution in [0.4, 0.5) is 4.79 Å². The molecule has 1 aliphatic carbocycles. The van der Waals surface area contributed by atoms with Gasteiger partial charge in [-0.25, -0.2) is 4.79 Å². The van der Waals surface area contributed by atoms with Crippen molar-refractivity contribution in [1.82, 2.24) is 10.2 Å². The van der Waals surface area contributed by atoms with Crippen LogP contribution < -0.4 is 11.1 Å². The molecule has 176 valence electrons. The second-order valence-electron chi connectivity index (χ2n) is 8.99. The van der Waals surface area contributed by atoms with E-state index in [1.807, 2.05) is 4.90 Å². The molecule has 0 saturated carbocycles. The van der Waals surface area contributed by atoms with Crippen LogP contribution in [0.1, 0.15) is 52.4 Å². The van der Waals surface area contributed by atoms with E-state index < -0.39 is 17.7 Å². The van der Waals surface area contributed by atoms with E-state index in [1.54, 1.807) is 14.0 Å². The number of ether oxygens (including phenoxy) is 3. The number of piperazine rings is 1. The maximum absolute atomic E-state index is 13.6. The molecule has 9 heteroatoms. The van der Waals surface area contributed by atoms with Crippen molar-refractivity contribution in [3.05, 3.63) is 22.6 Å². The molecule has 1 amide bonds. The van der Waals surface area contributed by atoms with Gasteiger partial charge in [-0.1, -0.05) is 39.0 Å². The van der Waals surface area contributed by atoms with Gasteiger partial charge in [0.15, 0.2) is 11.5 Å². The van der Waals surface area contributed by atoms with Crippen molar-refractivity contribution >= 4 is 17.7 Å². The lowest BCUT2D eigenvalue weighted by Crippen LogP contribution is -2.55. The Morgan fingerprint density at radius 2 is 1.91 bits per heavy atom. The standard InChI is InChI=1S/C23H33N3O6/c1-4-5-6-7-8-9-10-31-20-13(2)18(27)17-16(19(20)28)14(12-32-22(24)29)23(30-3)21-15(25-21)11-26(17)23/h14-15,21,25H,4-12H2,1-3H3,(H2,24,29). The van der Waals surface area contributed by atoms with E-state index in [0.29, 0.717) is 30.0 Å². The van der Waals surface area contributed by atoms with Gasteiger partial charge in [0.05, 0.1) is 24.3 Å². The van der Waals surface area contributed by atoms with Crippen LogP contribution in [0.2, 0.25) is 0 Å². The Morgan fingerprint density at radius 3 is 2.59 bits per heavy atom.